The number of benzene rings is 1. The fourth-order valence-electron chi connectivity index (χ4n) is 5.69. The Morgan fingerprint density at radius 2 is 1.62 bits per heavy atom. The molecule has 1 aromatic carbocycles. The number of alkyl halides is 3. The first-order chi connectivity index (χ1) is 13.8. The molecule has 1 heterocycles. The molecule has 2 saturated carbocycles. The molecule has 0 bridgehead atoms. The van der Waals surface area contributed by atoms with E-state index in [-0.39, 0.29) is 18.7 Å². The highest BCUT2D eigenvalue weighted by Gasteiger charge is 2.42. The third kappa shape index (κ3) is 4.65. The summed E-state index contributed by atoms with van der Waals surface area (Å²) < 4.78 is 53.2. The summed E-state index contributed by atoms with van der Waals surface area (Å²) >= 11 is 0. The standard InChI is InChI=1S/C22H31F4N3/c1-2-27-17-9-14-11-18(12-15(14)10-17)28-21-4-3-19(13-20(21)23)29-7-5-16(6-8-29)22(24,25)26/h3-4,13-18,27-28H,2,5-12H2,1H3. The van der Waals surface area contributed by atoms with Crippen LogP contribution < -0.4 is 15.5 Å². The summed E-state index contributed by atoms with van der Waals surface area (Å²) in [5.41, 5.74) is 1.18. The average molecular weight is 414 g/mol. The Labute approximate surface area is 170 Å². The van der Waals surface area contributed by atoms with Gasteiger partial charge in [0.2, 0.25) is 0 Å². The summed E-state index contributed by atoms with van der Waals surface area (Å²) in [4.78, 5) is 1.86. The molecule has 4 rings (SSSR count). The lowest BCUT2D eigenvalue weighted by atomic mass is 9.96. The Hall–Kier alpha value is -1.50. The van der Waals surface area contributed by atoms with Gasteiger partial charge in [0.1, 0.15) is 5.82 Å². The molecule has 0 aromatic heterocycles. The molecule has 0 radical (unpaired) electrons. The minimum absolute atomic E-state index is 0.0733. The van der Waals surface area contributed by atoms with Gasteiger partial charge >= 0.3 is 6.18 Å². The third-order valence-electron chi connectivity index (χ3n) is 7.14. The molecule has 7 heteroatoms. The van der Waals surface area contributed by atoms with E-state index in [2.05, 4.69) is 17.6 Å². The highest BCUT2D eigenvalue weighted by molar-refractivity contribution is 5.57. The first-order valence-corrected chi connectivity index (χ1v) is 10.9. The zero-order valence-electron chi connectivity index (χ0n) is 16.9. The minimum Gasteiger partial charge on any atom is -0.380 e. The number of anilines is 2. The maximum Gasteiger partial charge on any atom is 0.391 e. The van der Waals surface area contributed by atoms with Crippen LogP contribution in [0.25, 0.3) is 0 Å². The normalized spacial score (nSPS) is 30.6. The third-order valence-corrected chi connectivity index (χ3v) is 7.14. The van der Waals surface area contributed by atoms with E-state index in [9.17, 15) is 17.6 Å². The van der Waals surface area contributed by atoms with Crippen LogP contribution in [0.3, 0.4) is 0 Å². The molecule has 162 valence electrons. The second-order valence-corrected chi connectivity index (χ2v) is 9.03. The van der Waals surface area contributed by atoms with Gasteiger partial charge in [-0.2, -0.15) is 13.2 Å². The Morgan fingerprint density at radius 1 is 1.00 bits per heavy atom. The molecule has 29 heavy (non-hydrogen) atoms. The van der Waals surface area contributed by atoms with Crippen molar-refractivity contribution in [2.45, 2.75) is 63.7 Å². The summed E-state index contributed by atoms with van der Waals surface area (Å²) in [6.45, 7) is 3.78. The van der Waals surface area contributed by atoms with E-state index in [1.165, 1.54) is 18.9 Å². The van der Waals surface area contributed by atoms with E-state index in [1.54, 1.807) is 6.07 Å². The number of hydrogen-bond donors (Lipinski definition) is 2. The van der Waals surface area contributed by atoms with Crippen LogP contribution in [0.5, 0.6) is 0 Å². The van der Waals surface area contributed by atoms with Crippen molar-refractivity contribution < 1.29 is 17.6 Å². The molecule has 3 fully saturated rings. The van der Waals surface area contributed by atoms with Gasteiger partial charge in [-0.1, -0.05) is 6.92 Å². The highest BCUT2D eigenvalue weighted by atomic mass is 19.4. The molecule has 3 aliphatic rings. The molecule has 2 N–H and O–H groups in total. The Balaban J connectivity index is 1.31. The van der Waals surface area contributed by atoms with Crippen molar-refractivity contribution in [2.24, 2.45) is 17.8 Å². The van der Waals surface area contributed by atoms with Crippen molar-refractivity contribution in [3.05, 3.63) is 24.0 Å². The van der Waals surface area contributed by atoms with Crippen molar-refractivity contribution >= 4 is 11.4 Å². The average Bonchev–Trinajstić information content (AvgIpc) is 3.21. The van der Waals surface area contributed by atoms with Crippen molar-refractivity contribution in [3.63, 3.8) is 0 Å². The van der Waals surface area contributed by atoms with Crippen molar-refractivity contribution in [1.29, 1.82) is 0 Å². The number of nitrogens with one attached hydrogen (secondary N) is 2. The van der Waals surface area contributed by atoms with E-state index in [1.807, 2.05) is 11.0 Å². The van der Waals surface area contributed by atoms with Crippen molar-refractivity contribution in [3.8, 4) is 0 Å². The molecule has 0 amide bonds. The van der Waals surface area contributed by atoms with Gasteiger partial charge in [0.15, 0.2) is 0 Å². The lowest BCUT2D eigenvalue weighted by molar-refractivity contribution is -0.179. The number of hydrogen-bond acceptors (Lipinski definition) is 3. The van der Waals surface area contributed by atoms with E-state index in [4.69, 9.17) is 0 Å². The number of halogens is 4. The second kappa shape index (κ2) is 8.32. The zero-order chi connectivity index (χ0) is 20.6. The molecule has 0 spiro atoms. The van der Waals surface area contributed by atoms with Gasteiger partial charge in [0.25, 0.3) is 0 Å². The number of rotatable bonds is 5. The largest absolute Gasteiger partial charge is 0.391 e. The number of piperidine rings is 1. The number of fused-ring (bicyclic) bond motifs is 1. The minimum atomic E-state index is -4.13. The van der Waals surface area contributed by atoms with Crippen LogP contribution >= 0.6 is 0 Å². The maximum atomic E-state index is 14.7. The van der Waals surface area contributed by atoms with E-state index >= 15 is 0 Å². The van der Waals surface area contributed by atoms with Crippen LogP contribution in [0.1, 0.15) is 45.4 Å². The molecule has 2 aliphatic carbocycles. The van der Waals surface area contributed by atoms with Gasteiger partial charge < -0.3 is 15.5 Å². The van der Waals surface area contributed by atoms with E-state index in [0.29, 0.717) is 48.4 Å². The van der Waals surface area contributed by atoms with Crippen LogP contribution in [0.2, 0.25) is 0 Å². The van der Waals surface area contributed by atoms with Gasteiger partial charge in [0, 0.05) is 30.9 Å². The predicted molar refractivity (Wildman–Crippen MR) is 108 cm³/mol. The first kappa shape index (κ1) is 20.8. The summed E-state index contributed by atoms with van der Waals surface area (Å²) in [5, 5.41) is 6.93. The molecule has 2 unspecified atom stereocenters. The highest BCUT2D eigenvalue weighted by Crippen LogP contribution is 2.45. The van der Waals surface area contributed by atoms with Gasteiger partial charge in [-0.25, -0.2) is 4.39 Å². The van der Waals surface area contributed by atoms with Gasteiger partial charge in [-0.3, -0.25) is 0 Å². The topological polar surface area (TPSA) is 27.3 Å². The lowest BCUT2D eigenvalue weighted by Crippen LogP contribution is -2.39. The molecule has 1 aromatic rings. The van der Waals surface area contributed by atoms with E-state index < -0.39 is 12.1 Å². The zero-order valence-corrected chi connectivity index (χ0v) is 16.9. The second-order valence-electron chi connectivity index (χ2n) is 9.03. The quantitative estimate of drug-likeness (QED) is 0.651. The molecule has 2 atom stereocenters. The van der Waals surface area contributed by atoms with Gasteiger partial charge in [-0.05, 0) is 75.1 Å². The summed E-state index contributed by atoms with van der Waals surface area (Å²) in [6, 6.07) is 5.98. The van der Waals surface area contributed by atoms with Crippen LogP contribution in [-0.4, -0.2) is 37.9 Å². The van der Waals surface area contributed by atoms with Crippen molar-refractivity contribution in [1.82, 2.24) is 5.32 Å². The Kier molecular flexibility index (Phi) is 5.96. The molecule has 1 aliphatic heterocycles. The van der Waals surface area contributed by atoms with Crippen LogP contribution in [0.15, 0.2) is 18.2 Å². The first-order valence-electron chi connectivity index (χ1n) is 10.9. The Bertz CT molecular complexity index is 686. The van der Waals surface area contributed by atoms with Gasteiger partial charge in [0.05, 0.1) is 11.6 Å². The summed E-state index contributed by atoms with van der Waals surface area (Å²) in [7, 11) is 0. The SMILES string of the molecule is CCNC1CC2CC(Nc3ccc(N4CCC(C(F)(F)F)CC4)cc3F)CC2C1. The molecular weight excluding hydrogens is 382 g/mol. The van der Waals surface area contributed by atoms with Crippen molar-refractivity contribution in [2.75, 3.05) is 29.9 Å². The molecular formula is C22H31F4N3. The van der Waals surface area contributed by atoms with Crippen LogP contribution in [-0.2, 0) is 0 Å². The smallest absolute Gasteiger partial charge is 0.380 e. The lowest BCUT2D eigenvalue weighted by Gasteiger charge is -2.34. The summed E-state index contributed by atoms with van der Waals surface area (Å²) in [6.07, 6.45) is 0.612. The van der Waals surface area contributed by atoms with E-state index in [0.717, 1.165) is 19.4 Å². The van der Waals surface area contributed by atoms with Gasteiger partial charge in [-0.15, -0.1) is 0 Å². The van der Waals surface area contributed by atoms with Crippen LogP contribution in [0, 0.1) is 23.6 Å². The fraction of sp³-hybridized carbons (Fsp3) is 0.727. The predicted octanol–water partition coefficient (Wildman–Crippen LogP) is 5.18. The molecule has 3 nitrogen and oxygen atoms in total. The summed E-state index contributed by atoms with van der Waals surface area (Å²) in [5.74, 6) is -0.121. The molecule has 1 saturated heterocycles. The number of nitrogens with zero attached hydrogens (tertiary/aromatic N) is 1. The Morgan fingerprint density at radius 3 is 2.17 bits per heavy atom. The monoisotopic (exact) mass is 413 g/mol. The van der Waals surface area contributed by atoms with Crippen LogP contribution in [0.4, 0.5) is 28.9 Å². The maximum absolute atomic E-state index is 14.7. The fourth-order valence-corrected chi connectivity index (χ4v) is 5.69.